The molecule has 2 aromatic carbocycles. The van der Waals surface area contributed by atoms with Gasteiger partial charge < -0.3 is 5.32 Å². The molecule has 2 heterocycles. The Balaban J connectivity index is 1.44. The van der Waals surface area contributed by atoms with Crippen LogP contribution < -0.4 is 5.32 Å². The van der Waals surface area contributed by atoms with Gasteiger partial charge in [-0.1, -0.05) is 42.5 Å². The minimum Gasteiger partial charge on any atom is -0.321 e. The molecule has 1 N–H and O–H groups in total. The first kappa shape index (κ1) is 20.0. The van der Waals surface area contributed by atoms with Gasteiger partial charge in [-0.15, -0.1) is 0 Å². The topological polar surface area (TPSA) is 108 Å². The van der Waals surface area contributed by atoms with Crippen LogP contribution in [0.5, 0.6) is 0 Å². The van der Waals surface area contributed by atoms with Gasteiger partial charge in [-0.05, 0) is 43.2 Å². The largest absolute Gasteiger partial charge is 0.321 e. The number of benzene rings is 2. The molecule has 4 aromatic rings. The van der Waals surface area contributed by atoms with E-state index < -0.39 is 4.92 Å². The van der Waals surface area contributed by atoms with Crippen LogP contribution in [0.4, 0.5) is 11.4 Å². The second-order valence-electron chi connectivity index (χ2n) is 7.06. The monoisotopic (exact) mass is 416 g/mol. The normalized spacial score (nSPS) is 10.8. The summed E-state index contributed by atoms with van der Waals surface area (Å²) in [5.41, 5.74) is 3.82. The lowest BCUT2D eigenvalue weighted by Gasteiger charge is -2.06. The molecule has 0 spiro atoms. The van der Waals surface area contributed by atoms with E-state index in [1.807, 2.05) is 54.6 Å². The fourth-order valence-corrected chi connectivity index (χ4v) is 3.36. The summed E-state index contributed by atoms with van der Waals surface area (Å²) in [5, 5.41) is 22.4. The molecule has 0 radical (unpaired) electrons. The fourth-order valence-electron chi connectivity index (χ4n) is 3.36. The van der Waals surface area contributed by atoms with Crippen molar-refractivity contribution in [3.63, 3.8) is 0 Å². The average molecular weight is 416 g/mol. The third kappa shape index (κ3) is 4.20. The number of rotatable bonds is 6. The minimum absolute atomic E-state index is 0.0101. The lowest BCUT2D eigenvalue weighted by Crippen LogP contribution is -2.15. The number of amides is 1. The molecule has 9 nitrogen and oxygen atoms in total. The van der Waals surface area contributed by atoms with Crippen molar-refractivity contribution >= 4 is 17.3 Å². The molecule has 0 saturated carbocycles. The van der Waals surface area contributed by atoms with Crippen LogP contribution in [-0.4, -0.2) is 30.4 Å². The molecule has 0 aliphatic rings. The maximum atomic E-state index is 12.6. The van der Waals surface area contributed by atoms with Gasteiger partial charge in [0.2, 0.25) is 0 Å². The summed E-state index contributed by atoms with van der Waals surface area (Å²) in [5.74, 6) is -0.342. The van der Waals surface area contributed by atoms with Gasteiger partial charge in [-0.3, -0.25) is 19.6 Å². The van der Waals surface area contributed by atoms with E-state index in [1.165, 1.54) is 9.36 Å². The van der Waals surface area contributed by atoms with E-state index in [4.69, 9.17) is 0 Å². The van der Waals surface area contributed by atoms with E-state index in [-0.39, 0.29) is 24.0 Å². The highest BCUT2D eigenvalue weighted by Crippen LogP contribution is 2.22. The standard InChI is InChI=1S/C22H20N6O3/c1-15-21(28(30)31)16(2)27(24-15)14-26-13-12-20(25-26)22(29)23-19-10-8-18(9-11-19)17-6-4-3-5-7-17/h3-13H,14H2,1-2H3,(H,23,29). The molecular weight excluding hydrogens is 396 g/mol. The maximum Gasteiger partial charge on any atom is 0.312 e. The van der Waals surface area contributed by atoms with Crippen molar-refractivity contribution < 1.29 is 9.72 Å². The molecule has 9 heteroatoms. The van der Waals surface area contributed by atoms with Crippen molar-refractivity contribution in [2.75, 3.05) is 5.32 Å². The second kappa shape index (κ2) is 8.23. The maximum absolute atomic E-state index is 12.6. The van der Waals surface area contributed by atoms with E-state index in [1.54, 1.807) is 26.1 Å². The molecule has 0 saturated heterocycles. The predicted octanol–water partition coefficient (Wildman–Crippen LogP) is 4.03. The summed E-state index contributed by atoms with van der Waals surface area (Å²) in [6, 6.07) is 19.1. The Morgan fingerprint density at radius 2 is 1.68 bits per heavy atom. The van der Waals surface area contributed by atoms with Crippen molar-refractivity contribution in [3.8, 4) is 11.1 Å². The molecular formula is C22H20N6O3. The Bertz CT molecular complexity index is 1240. The molecule has 31 heavy (non-hydrogen) atoms. The molecule has 2 aromatic heterocycles. The summed E-state index contributed by atoms with van der Waals surface area (Å²) < 4.78 is 3.00. The van der Waals surface area contributed by atoms with Crippen LogP contribution in [0.2, 0.25) is 0 Å². The van der Waals surface area contributed by atoms with Gasteiger partial charge in [0.15, 0.2) is 5.69 Å². The van der Waals surface area contributed by atoms with Gasteiger partial charge in [0.05, 0.1) is 4.92 Å². The Hall–Kier alpha value is -4.27. The van der Waals surface area contributed by atoms with Crippen LogP contribution in [0.25, 0.3) is 11.1 Å². The van der Waals surface area contributed by atoms with Gasteiger partial charge in [-0.25, -0.2) is 4.68 Å². The highest BCUT2D eigenvalue weighted by Gasteiger charge is 2.22. The first-order chi connectivity index (χ1) is 14.9. The zero-order valence-electron chi connectivity index (χ0n) is 17.0. The number of nitrogens with zero attached hydrogens (tertiary/aromatic N) is 5. The summed E-state index contributed by atoms with van der Waals surface area (Å²) >= 11 is 0. The van der Waals surface area contributed by atoms with E-state index >= 15 is 0 Å². The van der Waals surface area contributed by atoms with E-state index in [9.17, 15) is 14.9 Å². The first-order valence-corrected chi connectivity index (χ1v) is 9.61. The molecule has 0 bridgehead atoms. The number of aromatic nitrogens is 4. The van der Waals surface area contributed by atoms with Crippen LogP contribution in [0.3, 0.4) is 0 Å². The summed E-state index contributed by atoms with van der Waals surface area (Å²) in [7, 11) is 0. The molecule has 4 rings (SSSR count). The van der Waals surface area contributed by atoms with Crippen molar-refractivity contribution in [2.45, 2.75) is 20.5 Å². The van der Waals surface area contributed by atoms with Crippen LogP contribution in [0.1, 0.15) is 21.9 Å². The number of nitrogens with one attached hydrogen (secondary N) is 1. The predicted molar refractivity (Wildman–Crippen MR) is 116 cm³/mol. The Labute approximate surface area is 178 Å². The van der Waals surface area contributed by atoms with Crippen LogP contribution in [0.15, 0.2) is 66.9 Å². The lowest BCUT2D eigenvalue weighted by atomic mass is 10.1. The number of aryl methyl sites for hydroxylation is 1. The van der Waals surface area contributed by atoms with Crippen molar-refractivity contribution in [1.82, 2.24) is 19.6 Å². The van der Waals surface area contributed by atoms with Crippen LogP contribution >= 0.6 is 0 Å². The lowest BCUT2D eigenvalue weighted by molar-refractivity contribution is -0.386. The number of hydrogen-bond acceptors (Lipinski definition) is 5. The second-order valence-corrected chi connectivity index (χ2v) is 7.06. The third-order valence-electron chi connectivity index (χ3n) is 4.93. The zero-order valence-corrected chi connectivity index (χ0v) is 17.0. The molecule has 0 atom stereocenters. The Morgan fingerprint density at radius 3 is 2.32 bits per heavy atom. The SMILES string of the molecule is Cc1nn(Cn2ccc(C(=O)Nc3ccc(-c4ccccc4)cc3)n2)c(C)c1[N+](=O)[O-]. The molecule has 0 aliphatic heterocycles. The van der Waals surface area contributed by atoms with Gasteiger partial charge in [0.25, 0.3) is 5.91 Å². The Kier molecular flexibility index (Phi) is 5.31. The minimum atomic E-state index is -0.445. The first-order valence-electron chi connectivity index (χ1n) is 9.61. The summed E-state index contributed by atoms with van der Waals surface area (Å²) in [6.45, 7) is 3.39. The average Bonchev–Trinajstić information content (AvgIpc) is 3.33. The number of carbonyl (C=O) groups excluding carboxylic acids is 1. The van der Waals surface area contributed by atoms with Crippen molar-refractivity contribution in [1.29, 1.82) is 0 Å². The smallest absolute Gasteiger partial charge is 0.312 e. The van der Waals surface area contributed by atoms with Gasteiger partial charge in [0, 0.05) is 11.9 Å². The van der Waals surface area contributed by atoms with Gasteiger partial charge >= 0.3 is 5.69 Å². The van der Waals surface area contributed by atoms with Crippen molar-refractivity contribution in [2.24, 2.45) is 0 Å². The van der Waals surface area contributed by atoms with E-state index in [2.05, 4.69) is 15.5 Å². The molecule has 0 aliphatic carbocycles. The van der Waals surface area contributed by atoms with Crippen LogP contribution in [0, 0.1) is 24.0 Å². The molecule has 1 amide bonds. The number of hydrogen-bond donors (Lipinski definition) is 1. The van der Waals surface area contributed by atoms with E-state index in [0.29, 0.717) is 17.1 Å². The van der Waals surface area contributed by atoms with Gasteiger partial charge in [0.1, 0.15) is 18.1 Å². The zero-order chi connectivity index (χ0) is 22.0. The van der Waals surface area contributed by atoms with E-state index in [0.717, 1.165) is 11.1 Å². The van der Waals surface area contributed by atoms with Crippen molar-refractivity contribution in [3.05, 3.63) is 94.1 Å². The highest BCUT2D eigenvalue weighted by atomic mass is 16.6. The quantitative estimate of drug-likeness (QED) is 0.377. The van der Waals surface area contributed by atoms with Crippen LogP contribution in [-0.2, 0) is 6.67 Å². The Morgan fingerprint density at radius 1 is 1.00 bits per heavy atom. The number of carbonyl (C=O) groups is 1. The number of nitro groups is 1. The fraction of sp³-hybridized carbons (Fsp3) is 0.136. The third-order valence-corrected chi connectivity index (χ3v) is 4.93. The van der Waals surface area contributed by atoms with Gasteiger partial charge in [-0.2, -0.15) is 10.2 Å². The summed E-state index contributed by atoms with van der Waals surface area (Å²) in [6.07, 6.45) is 1.63. The molecule has 0 fully saturated rings. The molecule has 0 unspecified atom stereocenters. The highest BCUT2D eigenvalue weighted by molar-refractivity contribution is 6.02. The number of anilines is 1. The molecule has 156 valence electrons. The summed E-state index contributed by atoms with van der Waals surface area (Å²) in [4.78, 5) is 23.3.